The number of halogens is 1. The van der Waals surface area contributed by atoms with Gasteiger partial charge in [-0.25, -0.2) is 4.79 Å². The normalized spacial score (nSPS) is 23.0. The molecule has 6 nitrogen and oxygen atoms in total. The summed E-state index contributed by atoms with van der Waals surface area (Å²) >= 11 is 3.57. The van der Waals surface area contributed by atoms with E-state index in [4.69, 9.17) is 0 Å². The number of hydrogen-bond acceptors (Lipinski definition) is 3. The lowest BCUT2D eigenvalue weighted by Crippen LogP contribution is -2.49. The fourth-order valence-electron chi connectivity index (χ4n) is 3.52. The Hall–Kier alpha value is -1.76. The molecule has 2 unspecified atom stereocenters. The number of rotatable bonds is 2. The Morgan fingerprint density at radius 2 is 2.23 bits per heavy atom. The molecule has 2 heterocycles. The number of likely N-dealkylation sites (tertiary alicyclic amines) is 1. The first-order chi connectivity index (χ1) is 10.5. The van der Waals surface area contributed by atoms with E-state index >= 15 is 0 Å². The molecule has 1 aromatic rings. The lowest BCUT2D eigenvalue weighted by molar-refractivity contribution is -0.119. The smallest absolute Gasteiger partial charge is 0.407 e. The quantitative estimate of drug-likeness (QED) is 0.836. The number of nitrogens with zero attached hydrogens (tertiary/aromatic N) is 2. The summed E-state index contributed by atoms with van der Waals surface area (Å²) in [5, 5.41) is 11.9. The minimum absolute atomic E-state index is 0.0389. The van der Waals surface area contributed by atoms with E-state index in [2.05, 4.69) is 26.1 Å². The van der Waals surface area contributed by atoms with E-state index in [0.717, 1.165) is 22.1 Å². The highest BCUT2D eigenvalue weighted by atomic mass is 79.9. The molecule has 1 aromatic carbocycles. The standard InChI is InChI=1S/C15H18BrN3O3/c1-17-13(20)8-19-12-5-6-18(15(21)22)7-10(12)9-3-2-4-11(16)14(9)19/h2-4,10,12H,5-8H2,1H3,(H,17,20)(H,21,22). The summed E-state index contributed by atoms with van der Waals surface area (Å²) in [6.45, 7) is 1.28. The molecule has 2 aliphatic rings. The van der Waals surface area contributed by atoms with Crippen molar-refractivity contribution >= 4 is 33.6 Å². The first-order valence-corrected chi connectivity index (χ1v) is 8.05. The van der Waals surface area contributed by atoms with Gasteiger partial charge in [-0.15, -0.1) is 0 Å². The summed E-state index contributed by atoms with van der Waals surface area (Å²) < 4.78 is 0.949. The average Bonchev–Trinajstić information content (AvgIpc) is 2.82. The average molecular weight is 368 g/mol. The second-order valence-corrected chi connectivity index (χ2v) is 6.52. The van der Waals surface area contributed by atoms with Crippen LogP contribution in [0.1, 0.15) is 17.9 Å². The van der Waals surface area contributed by atoms with E-state index in [9.17, 15) is 14.7 Å². The van der Waals surface area contributed by atoms with Gasteiger partial charge in [-0.2, -0.15) is 0 Å². The Bertz CT molecular complexity index is 622. The van der Waals surface area contributed by atoms with Crippen LogP contribution in [0.2, 0.25) is 0 Å². The Labute approximate surface area is 137 Å². The van der Waals surface area contributed by atoms with Crippen LogP contribution in [-0.4, -0.2) is 54.7 Å². The molecule has 2 amide bonds. The number of para-hydroxylation sites is 1. The van der Waals surface area contributed by atoms with E-state index in [0.29, 0.717) is 19.6 Å². The largest absolute Gasteiger partial charge is 0.465 e. The molecule has 1 fully saturated rings. The highest BCUT2D eigenvalue weighted by Gasteiger charge is 2.44. The van der Waals surface area contributed by atoms with Gasteiger partial charge in [-0.1, -0.05) is 12.1 Å². The monoisotopic (exact) mass is 367 g/mol. The molecule has 7 heteroatoms. The second-order valence-electron chi connectivity index (χ2n) is 5.67. The Morgan fingerprint density at radius 1 is 1.45 bits per heavy atom. The van der Waals surface area contributed by atoms with E-state index < -0.39 is 6.09 Å². The number of benzene rings is 1. The zero-order valence-electron chi connectivity index (χ0n) is 12.3. The van der Waals surface area contributed by atoms with Crippen molar-refractivity contribution in [1.29, 1.82) is 0 Å². The van der Waals surface area contributed by atoms with Crippen molar-refractivity contribution in [2.45, 2.75) is 18.4 Å². The van der Waals surface area contributed by atoms with Gasteiger partial charge in [0.1, 0.15) is 0 Å². The molecule has 0 aromatic heterocycles. The third-order valence-corrected chi connectivity index (χ3v) is 5.18. The van der Waals surface area contributed by atoms with Crippen LogP contribution in [0.5, 0.6) is 0 Å². The maximum atomic E-state index is 11.9. The number of likely N-dealkylation sites (N-methyl/N-ethyl adjacent to an activating group) is 1. The molecular formula is C15H18BrN3O3. The van der Waals surface area contributed by atoms with Gasteiger partial charge in [0, 0.05) is 36.6 Å². The van der Waals surface area contributed by atoms with E-state index in [1.165, 1.54) is 4.90 Å². The maximum Gasteiger partial charge on any atom is 0.407 e. The van der Waals surface area contributed by atoms with Crippen LogP contribution in [0.3, 0.4) is 0 Å². The van der Waals surface area contributed by atoms with Crippen molar-refractivity contribution in [3.63, 3.8) is 0 Å². The van der Waals surface area contributed by atoms with Crippen molar-refractivity contribution in [2.24, 2.45) is 0 Å². The van der Waals surface area contributed by atoms with Gasteiger partial charge in [0.15, 0.2) is 0 Å². The summed E-state index contributed by atoms with van der Waals surface area (Å²) in [7, 11) is 1.63. The van der Waals surface area contributed by atoms with E-state index in [1.807, 2.05) is 18.2 Å². The number of carboxylic acid groups (broad SMARTS) is 1. The van der Waals surface area contributed by atoms with Crippen LogP contribution in [0, 0.1) is 0 Å². The number of nitrogens with one attached hydrogen (secondary N) is 1. The van der Waals surface area contributed by atoms with Gasteiger partial charge in [-0.05, 0) is 34.0 Å². The first kappa shape index (κ1) is 15.1. The third-order valence-electron chi connectivity index (χ3n) is 4.54. The number of anilines is 1. The second kappa shape index (κ2) is 5.79. The zero-order valence-corrected chi connectivity index (χ0v) is 13.8. The van der Waals surface area contributed by atoms with Gasteiger partial charge >= 0.3 is 6.09 Å². The predicted molar refractivity (Wildman–Crippen MR) is 86.3 cm³/mol. The molecule has 3 rings (SSSR count). The lowest BCUT2D eigenvalue weighted by Gasteiger charge is -2.37. The molecule has 2 atom stereocenters. The van der Waals surface area contributed by atoms with E-state index in [1.54, 1.807) is 7.05 Å². The first-order valence-electron chi connectivity index (χ1n) is 7.26. The molecule has 2 aliphatic heterocycles. The number of carbonyl (C=O) groups is 2. The van der Waals surface area contributed by atoms with Gasteiger partial charge < -0.3 is 20.2 Å². The Morgan fingerprint density at radius 3 is 2.91 bits per heavy atom. The molecule has 0 bridgehead atoms. The Balaban J connectivity index is 1.97. The summed E-state index contributed by atoms with van der Waals surface area (Å²) in [5.41, 5.74) is 2.14. The molecule has 0 saturated carbocycles. The number of carbonyl (C=O) groups excluding carboxylic acids is 1. The zero-order chi connectivity index (χ0) is 15.9. The predicted octanol–water partition coefficient (Wildman–Crippen LogP) is 1.85. The number of hydrogen-bond donors (Lipinski definition) is 2. The third kappa shape index (κ3) is 2.43. The molecule has 0 spiro atoms. The minimum Gasteiger partial charge on any atom is -0.465 e. The highest BCUT2D eigenvalue weighted by Crippen LogP contribution is 2.47. The summed E-state index contributed by atoms with van der Waals surface area (Å²) in [6.07, 6.45) is -0.144. The van der Waals surface area contributed by atoms with Crippen LogP contribution in [0.25, 0.3) is 0 Å². The van der Waals surface area contributed by atoms with Crippen LogP contribution >= 0.6 is 15.9 Å². The number of piperidine rings is 1. The number of fused-ring (bicyclic) bond motifs is 3. The summed E-state index contributed by atoms with van der Waals surface area (Å²) in [5.74, 6) is 0.0741. The molecular weight excluding hydrogens is 350 g/mol. The van der Waals surface area contributed by atoms with Gasteiger partial charge in [-0.3, -0.25) is 4.79 Å². The van der Waals surface area contributed by atoms with Crippen molar-refractivity contribution < 1.29 is 14.7 Å². The highest BCUT2D eigenvalue weighted by molar-refractivity contribution is 9.10. The van der Waals surface area contributed by atoms with E-state index in [-0.39, 0.29) is 17.9 Å². The van der Waals surface area contributed by atoms with Crippen LogP contribution in [0.4, 0.5) is 10.5 Å². The SMILES string of the molecule is CNC(=O)CN1c2c(Br)cccc2C2CN(C(=O)O)CCC21. The summed E-state index contributed by atoms with van der Waals surface area (Å²) in [6, 6.07) is 6.12. The van der Waals surface area contributed by atoms with Crippen molar-refractivity contribution in [3.05, 3.63) is 28.2 Å². The van der Waals surface area contributed by atoms with Crippen molar-refractivity contribution in [1.82, 2.24) is 10.2 Å². The van der Waals surface area contributed by atoms with Crippen molar-refractivity contribution in [2.75, 3.05) is 31.6 Å². The van der Waals surface area contributed by atoms with Crippen LogP contribution in [0.15, 0.2) is 22.7 Å². The fourth-order valence-corrected chi connectivity index (χ4v) is 4.13. The Kier molecular flexibility index (Phi) is 3.99. The molecule has 0 aliphatic carbocycles. The maximum absolute atomic E-state index is 11.9. The molecule has 118 valence electrons. The molecule has 22 heavy (non-hydrogen) atoms. The van der Waals surface area contributed by atoms with Gasteiger partial charge in [0.2, 0.25) is 5.91 Å². The minimum atomic E-state index is -0.875. The van der Waals surface area contributed by atoms with Crippen molar-refractivity contribution in [3.8, 4) is 0 Å². The van der Waals surface area contributed by atoms with Crippen LogP contribution in [-0.2, 0) is 4.79 Å². The summed E-state index contributed by atoms with van der Waals surface area (Å²) in [4.78, 5) is 26.7. The number of amides is 2. The fraction of sp³-hybridized carbons (Fsp3) is 0.467. The molecule has 0 radical (unpaired) electrons. The van der Waals surface area contributed by atoms with Crippen LogP contribution < -0.4 is 10.2 Å². The molecule has 2 N–H and O–H groups in total. The van der Waals surface area contributed by atoms with Gasteiger partial charge in [0.25, 0.3) is 0 Å². The molecule has 1 saturated heterocycles. The lowest BCUT2D eigenvalue weighted by atomic mass is 9.89. The topological polar surface area (TPSA) is 72.9 Å². The van der Waals surface area contributed by atoms with Gasteiger partial charge in [0.05, 0.1) is 12.2 Å².